The van der Waals surface area contributed by atoms with Gasteiger partial charge in [0.15, 0.2) is 0 Å². The first-order valence-electron chi connectivity index (χ1n) is 6.98. The Morgan fingerprint density at radius 1 is 1.29 bits per heavy atom. The smallest absolute Gasteiger partial charge is 0.138 e. The van der Waals surface area contributed by atoms with Gasteiger partial charge in [0, 0.05) is 25.3 Å². The molecule has 0 spiro atoms. The van der Waals surface area contributed by atoms with E-state index >= 15 is 0 Å². The highest BCUT2D eigenvalue weighted by Crippen LogP contribution is 2.26. The zero-order valence-corrected chi connectivity index (χ0v) is 13.7. The molecule has 0 bridgehead atoms. The molecule has 1 heterocycles. The number of nitrogens with one attached hydrogen (secondary N) is 1. The Balaban J connectivity index is 1.95. The van der Waals surface area contributed by atoms with E-state index in [0.717, 1.165) is 17.8 Å². The van der Waals surface area contributed by atoms with Crippen LogP contribution in [0.4, 0.5) is 0 Å². The predicted molar refractivity (Wildman–Crippen MR) is 85.6 cm³/mol. The average Bonchev–Trinajstić information content (AvgIpc) is 2.80. The van der Waals surface area contributed by atoms with Gasteiger partial charge in [-0.15, -0.1) is 0 Å². The maximum atomic E-state index is 6.27. The molecule has 4 nitrogen and oxygen atoms in total. The van der Waals surface area contributed by atoms with Crippen molar-refractivity contribution in [1.29, 1.82) is 0 Å². The molecule has 21 heavy (non-hydrogen) atoms. The summed E-state index contributed by atoms with van der Waals surface area (Å²) in [5.74, 6) is 0.682. The van der Waals surface area contributed by atoms with Gasteiger partial charge in [0.1, 0.15) is 12.4 Å². The second-order valence-electron chi connectivity index (χ2n) is 6.14. The van der Waals surface area contributed by atoms with Crippen LogP contribution < -0.4 is 10.1 Å². The van der Waals surface area contributed by atoms with E-state index in [9.17, 15) is 0 Å². The van der Waals surface area contributed by atoms with Crippen LogP contribution in [0.15, 0.2) is 30.5 Å². The van der Waals surface area contributed by atoms with E-state index < -0.39 is 0 Å². The van der Waals surface area contributed by atoms with Gasteiger partial charge in [-0.1, -0.05) is 17.7 Å². The van der Waals surface area contributed by atoms with Crippen LogP contribution in [0.5, 0.6) is 5.75 Å². The van der Waals surface area contributed by atoms with Gasteiger partial charge in [0.25, 0.3) is 0 Å². The Labute approximate surface area is 131 Å². The normalized spacial score (nSPS) is 11.7. The molecule has 2 aromatic rings. The second-order valence-corrected chi connectivity index (χ2v) is 6.54. The lowest BCUT2D eigenvalue weighted by Gasteiger charge is -2.20. The van der Waals surface area contributed by atoms with E-state index in [1.54, 1.807) is 4.68 Å². The third kappa shape index (κ3) is 5.06. The summed E-state index contributed by atoms with van der Waals surface area (Å²) < 4.78 is 7.46. The standard InChI is InChI=1S/C16H22ClN3O/c1-16(2,3)18-10-12-5-6-15(14(17)9-12)21-11-13-7-8-20(4)19-13/h5-9,18H,10-11H2,1-4H3. The Bertz CT molecular complexity index is 602. The second kappa shape index (κ2) is 6.50. The molecule has 0 fully saturated rings. The van der Waals surface area contributed by atoms with Gasteiger partial charge in [0.05, 0.1) is 10.7 Å². The Morgan fingerprint density at radius 2 is 2.05 bits per heavy atom. The lowest BCUT2D eigenvalue weighted by Crippen LogP contribution is -2.35. The summed E-state index contributed by atoms with van der Waals surface area (Å²) in [7, 11) is 1.88. The zero-order valence-electron chi connectivity index (χ0n) is 13.0. The number of hydrogen-bond donors (Lipinski definition) is 1. The highest BCUT2D eigenvalue weighted by molar-refractivity contribution is 6.32. The molecule has 5 heteroatoms. The number of hydrogen-bond acceptors (Lipinski definition) is 3. The summed E-state index contributed by atoms with van der Waals surface area (Å²) in [5.41, 5.74) is 2.10. The van der Waals surface area contributed by atoms with Crippen molar-refractivity contribution in [1.82, 2.24) is 15.1 Å². The maximum Gasteiger partial charge on any atom is 0.138 e. The third-order valence-electron chi connectivity index (χ3n) is 2.96. The molecule has 1 aromatic heterocycles. The van der Waals surface area contributed by atoms with Crippen LogP contribution in [0.3, 0.4) is 0 Å². The SMILES string of the molecule is Cn1ccc(COc2ccc(CNC(C)(C)C)cc2Cl)n1. The van der Waals surface area contributed by atoms with Crippen LogP contribution >= 0.6 is 11.6 Å². The highest BCUT2D eigenvalue weighted by atomic mass is 35.5. The van der Waals surface area contributed by atoms with Gasteiger partial charge in [-0.3, -0.25) is 4.68 Å². The van der Waals surface area contributed by atoms with Crippen LogP contribution in [0, 0.1) is 0 Å². The Morgan fingerprint density at radius 3 is 2.62 bits per heavy atom. The molecule has 0 radical (unpaired) electrons. The largest absolute Gasteiger partial charge is 0.486 e. The summed E-state index contributed by atoms with van der Waals surface area (Å²) in [5, 5.41) is 8.33. The molecule has 1 N–H and O–H groups in total. The summed E-state index contributed by atoms with van der Waals surface area (Å²) in [4.78, 5) is 0. The first kappa shape index (κ1) is 15.9. The first-order chi connectivity index (χ1) is 9.83. The summed E-state index contributed by atoms with van der Waals surface area (Å²) in [6.45, 7) is 7.61. The van der Waals surface area contributed by atoms with Gasteiger partial charge in [0.2, 0.25) is 0 Å². The number of benzene rings is 1. The summed E-state index contributed by atoms with van der Waals surface area (Å²) in [6.07, 6.45) is 1.89. The van der Waals surface area contributed by atoms with Crippen LogP contribution in [0.2, 0.25) is 5.02 Å². The minimum absolute atomic E-state index is 0.0840. The first-order valence-corrected chi connectivity index (χ1v) is 7.36. The van der Waals surface area contributed by atoms with E-state index in [-0.39, 0.29) is 5.54 Å². The molecule has 0 amide bonds. The van der Waals surface area contributed by atoms with E-state index in [1.807, 2.05) is 37.5 Å². The highest BCUT2D eigenvalue weighted by Gasteiger charge is 2.10. The van der Waals surface area contributed by atoms with Crippen molar-refractivity contribution < 1.29 is 4.74 Å². The van der Waals surface area contributed by atoms with Crippen molar-refractivity contribution in [2.24, 2.45) is 7.05 Å². The topological polar surface area (TPSA) is 39.1 Å². The fourth-order valence-corrected chi connectivity index (χ4v) is 2.09. The monoisotopic (exact) mass is 307 g/mol. The number of aromatic nitrogens is 2. The molecule has 0 aliphatic rings. The van der Waals surface area contributed by atoms with Gasteiger partial charge in [-0.25, -0.2) is 0 Å². The van der Waals surface area contributed by atoms with Gasteiger partial charge >= 0.3 is 0 Å². The minimum Gasteiger partial charge on any atom is -0.486 e. The molecule has 114 valence electrons. The summed E-state index contributed by atoms with van der Waals surface area (Å²) in [6, 6.07) is 7.80. The molecule has 2 rings (SSSR count). The van der Waals surface area contributed by atoms with E-state index in [0.29, 0.717) is 17.4 Å². The third-order valence-corrected chi connectivity index (χ3v) is 3.26. The molecule has 0 unspecified atom stereocenters. The summed E-state index contributed by atoms with van der Waals surface area (Å²) >= 11 is 6.27. The molecule has 0 saturated heterocycles. The lowest BCUT2D eigenvalue weighted by atomic mass is 10.1. The van der Waals surface area contributed by atoms with Crippen LogP contribution in [0.1, 0.15) is 32.0 Å². The quantitative estimate of drug-likeness (QED) is 0.918. The zero-order chi connectivity index (χ0) is 15.5. The molecular formula is C16H22ClN3O. The van der Waals surface area contributed by atoms with Crippen molar-refractivity contribution >= 4 is 11.6 Å². The number of halogens is 1. The van der Waals surface area contributed by atoms with Crippen molar-refractivity contribution in [2.45, 2.75) is 39.5 Å². The van der Waals surface area contributed by atoms with E-state index in [1.165, 1.54) is 0 Å². The number of nitrogens with zero attached hydrogens (tertiary/aromatic N) is 2. The Hall–Kier alpha value is -1.52. The van der Waals surface area contributed by atoms with Crippen molar-refractivity contribution in [3.63, 3.8) is 0 Å². The molecule has 0 atom stereocenters. The molecular weight excluding hydrogens is 286 g/mol. The lowest BCUT2D eigenvalue weighted by molar-refractivity contribution is 0.300. The van der Waals surface area contributed by atoms with Gasteiger partial charge < -0.3 is 10.1 Å². The van der Waals surface area contributed by atoms with Crippen molar-refractivity contribution in [2.75, 3.05) is 0 Å². The van der Waals surface area contributed by atoms with Gasteiger partial charge in [-0.2, -0.15) is 5.10 Å². The number of ether oxygens (including phenoxy) is 1. The Kier molecular flexibility index (Phi) is 4.91. The van der Waals surface area contributed by atoms with Crippen LogP contribution in [0.25, 0.3) is 0 Å². The maximum absolute atomic E-state index is 6.27. The molecule has 0 saturated carbocycles. The van der Waals surface area contributed by atoms with Crippen LogP contribution in [-0.2, 0) is 20.2 Å². The minimum atomic E-state index is 0.0840. The van der Waals surface area contributed by atoms with Crippen molar-refractivity contribution in [3.05, 3.63) is 46.7 Å². The molecule has 1 aromatic carbocycles. The number of aryl methyl sites for hydroxylation is 1. The predicted octanol–water partition coefficient (Wildman–Crippen LogP) is 3.54. The van der Waals surface area contributed by atoms with Crippen LogP contribution in [-0.4, -0.2) is 15.3 Å². The van der Waals surface area contributed by atoms with E-state index in [2.05, 4.69) is 31.2 Å². The fourth-order valence-electron chi connectivity index (χ4n) is 1.83. The number of rotatable bonds is 5. The molecule has 0 aliphatic carbocycles. The van der Waals surface area contributed by atoms with Crippen molar-refractivity contribution in [3.8, 4) is 5.75 Å². The molecule has 0 aliphatic heterocycles. The fraction of sp³-hybridized carbons (Fsp3) is 0.438. The van der Waals surface area contributed by atoms with Gasteiger partial charge in [-0.05, 0) is 44.5 Å². The van der Waals surface area contributed by atoms with E-state index in [4.69, 9.17) is 16.3 Å². The average molecular weight is 308 g/mol.